The molecule has 0 aliphatic heterocycles. The molecule has 6 nitrogen and oxygen atoms in total. The predicted octanol–water partition coefficient (Wildman–Crippen LogP) is 1.62. The van der Waals surface area contributed by atoms with Gasteiger partial charge in [-0.05, 0) is 25.0 Å². The predicted molar refractivity (Wildman–Crippen MR) is 87.6 cm³/mol. The van der Waals surface area contributed by atoms with Gasteiger partial charge >= 0.3 is 0 Å². The van der Waals surface area contributed by atoms with E-state index in [4.69, 9.17) is 4.74 Å². The molecule has 0 bridgehead atoms. The van der Waals surface area contributed by atoms with Crippen LogP contribution in [0.15, 0.2) is 24.3 Å². The number of amides is 1. The highest BCUT2D eigenvalue weighted by Gasteiger charge is 2.21. The minimum Gasteiger partial charge on any atom is -0.494 e. The molecular formula is C15H24N2O4S. The first kappa shape index (κ1) is 18.3. The molecule has 0 atom stereocenters. The van der Waals surface area contributed by atoms with E-state index >= 15 is 0 Å². The summed E-state index contributed by atoms with van der Waals surface area (Å²) in [6.45, 7) is 6.54. The largest absolute Gasteiger partial charge is 0.494 e. The van der Waals surface area contributed by atoms with Crippen molar-refractivity contribution in [3.05, 3.63) is 24.3 Å². The van der Waals surface area contributed by atoms with Crippen molar-refractivity contribution in [3.63, 3.8) is 0 Å². The van der Waals surface area contributed by atoms with Crippen LogP contribution in [0.1, 0.15) is 20.8 Å². The molecule has 1 rings (SSSR count). The molecule has 0 saturated heterocycles. The lowest BCUT2D eigenvalue weighted by atomic mass is 10.2. The van der Waals surface area contributed by atoms with E-state index in [1.165, 1.54) is 0 Å². The molecule has 0 aliphatic carbocycles. The van der Waals surface area contributed by atoms with Crippen molar-refractivity contribution in [1.29, 1.82) is 0 Å². The van der Waals surface area contributed by atoms with E-state index in [9.17, 15) is 13.2 Å². The van der Waals surface area contributed by atoms with E-state index in [-0.39, 0.29) is 12.5 Å². The summed E-state index contributed by atoms with van der Waals surface area (Å²) in [5, 5.41) is 2.72. The van der Waals surface area contributed by atoms with Crippen LogP contribution in [-0.4, -0.2) is 40.3 Å². The number of ether oxygens (including phenoxy) is 1. The van der Waals surface area contributed by atoms with Gasteiger partial charge in [-0.3, -0.25) is 9.10 Å². The van der Waals surface area contributed by atoms with Crippen LogP contribution < -0.4 is 14.4 Å². The van der Waals surface area contributed by atoms with Gasteiger partial charge in [0.1, 0.15) is 12.3 Å². The Kier molecular flexibility index (Phi) is 6.67. The molecule has 1 aromatic rings. The number of nitrogens with zero attached hydrogens (tertiary/aromatic N) is 1. The van der Waals surface area contributed by atoms with Crippen molar-refractivity contribution in [3.8, 4) is 5.75 Å². The van der Waals surface area contributed by atoms with Crippen LogP contribution >= 0.6 is 0 Å². The minimum atomic E-state index is -3.57. The van der Waals surface area contributed by atoms with E-state index in [1.807, 2.05) is 20.8 Å². The summed E-state index contributed by atoms with van der Waals surface area (Å²) in [6, 6.07) is 6.69. The van der Waals surface area contributed by atoms with Gasteiger partial charge in [0.2, 0.25) is 15.9 Å². The third-order valence-corrected chi connectivity index (χ3v) is 3.95. The van der Waals surface area contributed by atoms with E-state index in [1.54, 1.807) is 24.3 Å². The summed E-state index contributed by atoms with van der Waals surface area (Å²) >= 11 is 0. The van der Waals surface area contributed by atoms with Gasteiger partial charge < -0.3 is 10.1 Å². The fourth-order valence-electron chi connectivity index (χ4n) is 1.80. The summed E-state index contributed by atoms with van der Waals surface area (Å²) < 4.78 is 30.4. The van der Waals surface area contributed by atoms with Crippen LogP contribution in [0.4, 0.5) is 5.69 Å². The highest BCUT2D eigenvalue weighted by atomic mass is 32.2. The number of rotatable bonds is 8. The zero-order chi connectivity index (χ0) is 16.8. The summed E-state index contributed by atoms with van der Waals surface area (Å²) in [4.78, 5) is 11.9. The van der Waals surface area contributed by atoms with Crippen LogP contribution in [0, 0.1) is 5.92 Å². The molecule has 0 fully saturated rings. The van der Waals surface area contributed by atoms with Crippen molar-refractivity contribution in [2.45, 2.75) is 20.8 Å². The molecule has 7 heteroatoms. The number of nitrogens with one attached hydrogen (secondary N) is 1. The first-order valence-electron chi connectivity index (χ1n) is 7.21. The van der Waals surface area contributed by atoms with Gasteiger partial charge in [-0.15, -0.1) is 0 Å². The Bertz CT molecular complexity index is 599. The molecule has 0 aliphatic rings. The maximum absolute atomic E-state index is 12.0. The lowest BCUT2D eigenvalue weighted by Crippen LogP contribution is -2.41. The average molecular weight is 328 g/mol. The molecule has 0 aromatic heterocycles. The summed E-state index contributed by atoms with van der Waals surface area (Å²) in [5.41, 5.74) is 0.410. The lowest BCUT2D eigenvalue weighted by Gasteiger charge is -2.22. The minimum absolute atomic E-state index is 0.249. The van der Waals surface area contributed by atoms with Gasteiger partial charge in [0, 0.05) is 12.6 Å². The maximum atomic E-state index is 12.0. The molecule has 0 spiro atoms. The topological polar surface area (TPSA) is 75.7 Å². The quantitative estimate of drug-likeness (QED) is 0.787. The number of carbonyl (C=O) groups excluding carboxylic acids is 1. The molecule has 1 amide bonds. The van der Waals surface area contributed by atoms with Crippen LogP contribution in [0.3, 0.4) is 0 Å². The Morgan fingerprint density at radius 2 is 2.05 bits per heavy atom. The first-order chi connectivity index (χ1) is 10.2. The van der Waals surface area contributed by atoms with E-state index in [0.29, 0.717) is 30.5 Å². The van der Waals surface area contributed by atoms with Gasteiger partial charge in [-0.2, -0.15) is 0 Å². The standard InChI is InChI=1S/C15H24N2O4S/c1-5-21-14-8-6-7-13(9-14)17(22(4,19)20)11-15(18)16-10-12(2)3/h6-9,12H,5,10-11H2,1-4H3,(H,16,18). The van der Waals surface area contributed by atoms with Gasteiger partial charge in [0.05, 0.1) is 18.6 Å². The Morgan fingerprint density at radius 3 is 2.59 bits per heavy atom. The summed E-state index contributed by atoms with van der Waals surface area (Å²) in [6.07, 6.45) is 1.08. The number of hydrogen-bond donors (Lipinski definition) is 1. The molecule has 0 unspecified atom stereocenters. The van der Waals surface area contributed by atoms with Crippen LogP contribution in [0.2, 0.25) is 0 Å². The van der Waals surface area contributed by atoms with Crippen molar-refractivity contribution < 1.29 is 17.9 Å². The van der Waals surface area contributed by atoms with Crippen LogP contribution in [0.25, 0.3) is 0 Å². The zero-order valence-electron chi connectivity index (χ0n) is 13.5. The third kappa shape index (κ3) is 5.93. The SMILES string of the molecule is CCOc1cccc(N(CC(=O)NCC(C)C)S(C)(=O)=O)c1. The fraction of sp³-hybridized carbons (Fsp3) is 0.533. The van der Waals surface area contributed by atoms with Gasteiger partial charge in [0.25, 0.3) is 0 Å². The second-order valence-corrected chi connectivity index (χ2v) is 7.30. The van der Waals surface area contributed by atoms with Crippen molar-refractivity contribution in [2.24, 2.45) is 5.92 Å². The molecule has 124 valence electrons. The molecule has 22 heavy (non-hydrogen) atoms. The second kappa shape index (κ2) is 8.03. The van der Waals surface area contributed by atoms with Crippen LogP contribution in [-0.2, 0) is 14.8 Å². The highest BCUT2D eigenvalue weighted by Crippen LogP contribution is 2.23. The molecule has 0 radical (unpaired) electrons. The number of sulfonamides is 1. The number of hydrogen-bond acceptors (Lipinski definition) is 4. The van der Waals surface area contributed by atoms with E-state index in [0.717, 1.165) is 10.6 Å². The average Bonchev–Trinajstić information content (AvgIpc) is 2.42. The molecule has 0 heterocycles. The Balaban J connectivity index is 2.94. The summed E-state index contributed by atoms with van der Waals surface area (Å²) in [5.74, 6) is 0.536. The molecular weight excluding hydrogens is 304 g/mol. The van der Waals surface area contributed by atoms with E-state index in [2.05, 4.69) is 5.32 Å². The van der Waals surface area contributed by atoms with Crippen LogP contribution in [0.5, 0.6) is 5.75 Å². The normalized spacial score (nSPS) is 11.3. The Labute approximate surface area is 132 Å². The van der Waals surface area contributed by atoms with Crippen molar-refractivity contribution >= 4 is 21.6 Å². The number of anilines is 1. The Hall–Kier alpha value is -1.76. The monoisotopic (exact) mass is 328 g/mol. The van der Waals surface area contributed by atoms with Crippen molar-refractivity contribution in [1.82, 2.24) is 5.32 Å². The Morgan fingerprint density at radius 1 is 1.36 bits per heavy atom. The van der Waals surface area contributed by atoms with Crippen molar-refractivity contribution in [2.75, 3.05) is 30.3 Å². The van der Waals surface area contributed by atoms with Gasteiger partial charge in [-0.25, -0.2) is 8.42 Å². The van der Waals surface area contributed by atoms with E-state index < -0.39 is 10.0 Å². The highest BCUT2D eigenvalue weighted by molar-refractivity contribution is 7.92. The number of carbonyl (C=O) groups is 1. The second-order valence-electron chi connectivity index (χ2n) is 5.40. The smallest absolute Gasteiger partial charge is 0.240 e. The van der Waals surface area contributed by atoms with Gasteiger partial charge in [-0.1, -0.05) is 19.9 Å². The molecule has 1 aromatic carbocycles. The molecule has 0 saturated carbocycles. The maximum Gasteiger partial charge on any atom is 0.240 e. The molecule has 1 N–H and O–H groups in total. The lowest BCUT2D eigenvalue weighted by molar-refractivity contribution is -0.119. The van der Waals surface area contributed by atoms with Gasteiger partial charge in [0.15, 0.2) is 0 Å². The third-order valence-electron chi connectivity index (χ3n) is 2.81. The fourth-order valence-corrected chi connectivity index (χ4v) is 2.65. The zero-order valence-corrected chi connectivity index (χ0v) is 14.3. The first-order valence-corrected chi connectivity index (χ1v) is 9.06. The number of benzene rings is 1. The summed E-state index contributed by atoms with van der Waals surface area (Å²) in [7, 11) is -3.57.